The van der Waals surface area contributed by atoms with Crippen LogP contribution in [0, 0.1) is 0 Å². The molecule has 1 amide bonds. The van der Waals surface area contributed by atoms with Crippen molar-refractivity contribution >= 4 is 17.5 Å². The van der Waals surface area contributed by atoms with Crippen LogP contribution in [0.3, 0.4) is 0 Å². The molecule has 0 saturated heterocycles. The number of fused-ring (bicyclic) bond motifs is 1. The maximum atomic E-state index is 13.6. The molecule has 2 aromatic heterocycles. The van der Waals surface area contributed by atoms with E-state index in [0.29, 0.717) is 40.2 Å². The molecule has 1 atom stereocenters. The average molecular weight is 469 g/mol. The van der Waals surface area contributed by atoms with Gasteiger partial charge in [-0.3, -0.25) is 9.78 Å². The summed E-state index contributed by atoms with van der Waals surface area (Å²) in [5.74, 6) is 1.85. The number of methoxy groups -OCH3 is 2. The molecule has 2 aromatic carbocycles. The Hall–Kier alpha value is -4.66. The second kappa shape index (κ2) is 9.30. The number of amides is 1. The predicted molar refractivity (Wildman–Crippen MR) is 132 cm³/mol. The maximum Gasteiger partial charge on any atom is 0.255 e. The molecule has 9 heteroatoms. The van der Waals surface area contributed by atoms with Gasteiger partial charge >= 0.3 is 0 Å². The van der Waals surface area contributed by atoms with Gasteiger partial charge in [-0.05, 0) is 25.1 Å². The van der Waals surface area contributed by atoms with Gasteiger partial charge in [0.25, 0.3) is 5.91 Å². The standard InChI is InChI=1S/C26H24N6O3/c1-16-21(25(33)29-18-11-8-14-27-15-18)22(19-12-7-13-20(34-2)23(19)35-3)32-26(28-16)30-24(31-32)17-9-5-4-6-10-17/h4-15,22H,1-3H3,(H,29,33)(H,28,30,31). The summed E-state index contributed by atoms with van der Waals surface area (Å²) >= 11 is 0. The van der Waals surface area contributed by atoms with Crippen molar-refractivity contribution in [2.45, 2.75) is 13.0 Å². The SMILES string of the molecule is COc1cccc(C2C(C(=O)Nc3cccnc3)=C(C)Nc3nc(-c4ccccc4)nn32)c1OC. The Morgan fingerprint density at radius 1 is 1.03 bits per heavy atom. The van der Waals surface area contributed by atoms with Gasteiger partial charge in [0.15, 0.2) is 17.3 Å². The number of nitrogens with zero attached hydrogens (tertiary/aromatic N) is 4. The average Bonchev–Trinajstić information content (AvgIpc) is 3.32. The number of ether oxygens (including phenoxy) is 2. The number of benzene rings is 2. The van der Waals surface area contributed by atoms with E-state index < -0.39 is 6.04 Å². The Kier molecular flexibility index (Phi) is 5.88. The van der Waals surface area contributed by atoms with Crippen LogP contribution >= 0.6 is 0 Å². The molecule has 9 nitrogen and oxygen atoms in total. The number of pyridine rings is 1. The van der Waals surface area contributed by atoms with Crippen LogP contribution in [0.2, 0.25) is 0 Å². The number of hydrogen-bond acceptors (Lipinski definition) is 7. The predicted octanol–water partition coefficient (Wildman–Crippen LogP) is 4.28. The molecule has 0 spiro atoms. The third kappa shape index (κ3) is 4.08. The number of allylic oxidation sites excluding steroid dienone is 1. The number of para-hydroxylation sites is 1. The molecule has 176 valence electrons. The van der Waals surface area contributed by atoms with Gasteiger partial charge in [0, 0.05) is 23.0 Å². The van der Waals surface area contributed by atoms with E-state index in [-0.39, 0.29) is 5.91 Å². The van der Waals surface area contributed by atoms with E-state index in [1.807, 2.05) is 55.5 Å². The van der Waals surface area contributed by atoms with Crippen LogP contribution in [0.4, 0.5) is 11.6 Å². The summed E-state index contributed by atoms with van der Waals surface area (Å²) < 4.78 is 13.0. The van der Waals surface area contributed by atoms with Crippen LogP contribution in [0.25, 0.3) is 11.4 Å². The molecule has 1 unspecified atom stereocenters. The molecular formula is C26H24N6O3. The third-order valence-corrected chi connectivity index (χ3v) is 5.78. The zero-order valence-electron chi connectivity index (χ0n) is 19.5. The first-order chi connectivity index (χ1) is 17.1. The summed E-state index contributed by atoms with van der Waals surface area (Å²) in [5.41, 5.74) is 3.29. The largest absolute Gasteiger partial charge is 0.493 e. The van der Waals surface area contributed by atoms with Gasteiger partial charge in [0.1, 0.15) is 6.04 Å². The summed E-state index contributed by atoms with van der Waals surface area (Å²) in [6.07, 6.45) is 3.25. The van der Waals surface area contributed by atoms with Gasteiger partial charge in [0.05, 0.1) is 31.7 Å². The molecule has 2 N–H and O–H groups in total. The Labute approximate surface area is 202 Å². The lowest BCUT2D eigenvalue weighted by molar-refractivity contribution is -0.113. The van der Waals surface area contributed by atoms with Crippen LogP contribution < -0.4 is 20.1 Å². The van der Waals surface area contributed by atoms with E-state index >= 15 is 0 Å². The van der Waals surface area contributed by atoms with Gasteiger partial charge in [-0.25, -0.2) is 4.68 Å². The van der Waals surface area contributed by atoms with Crippen LogP contribution in [0.15, 0.2) is 84.3 Å². The van der Waals surface area contributed by atoms with E-state index in [1.54, 1.807) is 43.4 Å². The van der Waals surface area contributed by atoms with Crippen molar-refractivity contribution in [3.63, 3.8) is 0 Å². The number of rotatable bonds is 6. The monoisotopic (exact) mass is 468 g/mol. The summed E-state index contributed by atoms with van der Waals surface area (Å²) in [6.45, 7) is 1.85. The van der Waals surface area contributed by atoms with Crippen molar-refractivity contribution in [1.29, 1.82) is 0 Å². The Bertz CT molecular complexity index is 1400. The molecule has 0 aliphatic carbocycles. The minimum Gasteiger partial charge on any atom is -0.493 e. The normalized spacial score (nSPS) is 14.7. The summed E-state index contributed by atoms with van der Waals surface area (Å²) in [5, 5.41) is 11.0. The second-order valence-corrected chi connectivity index (χ2v) is 7.91. The summed E-state index contributed by atoms with van der Waals surface area (Å²) in [4.78, 5) is 22.4. The highest BCUT2D eigenvalue weighted by molar-refractivity contribution is 6.06. The Morgan fingerprint density at radius 2 is 1.86 bits per heavy atom. The fraction of sp³-hybridized carbons (Fsp3) is 0.154. The molecule has 0 fully saturated rings. The van der Waals surface area contributed by atoms with E-state index in [0.717, 1.165) is 11.1 Å². The van der Waals surface area contributed by atoms with Crippen molar-refractivity contribution < 1.29 is 14.3 Å². The van der Waals surface area contributed by atoms with E-state index in [4.69, 9.17) is 19.6 Å². The number of nitrogens with one attached hydrogen (secondary N) is 2. The second-order valence-electron chi connectivity index (χ2n) is 7.91. The number of hydrogen-bond donors (Lipinski definition) is 2. The first-order valence-corrected chi connectivity index (χ1v) is 11.0. The molecule has 0 saturated carbocycles. The molecule has 5 rings (SSSR count). The smallest absolute Gasteiger partial charge is 0.255 e. The van der Waals surface area contributed by atoms with E-state index in [2.05, 4.69) is 15.6 Å². The van der Waals surface area contributed by atoms with Gasteiger partial charge in [-0.15, -0.1) is 5.10 Å². The van der Waals surface area contributed by atoms with Crippen molar-refractivity contribution in [2.24, 2.45) is 0 Å². The molecule has 35 heavy (non-hydrogen) atoms. The lowest BCUT2D eigenvalue weighted by Crippen LogP contribution is -2.31. The number of carbonyl (C=O) groups is 1. The van der Waals surface area contributed by atoms with Gasteiger partial charge in [0.2, 0.25) is 5.95 Å². The molecular weight excluding hydrogens is 444 g/mol. The summed E-state index contributed by atoms with van der Waals surface area (Å²) in [7, 11) is 3.15. The van der Waals surface area contributed by atoms with Crippen LogP contribution in [0.1, 0.15) is 18.5 Å². The first-order valence-electron chi connectivity index (χ1n) is 11.0. The van der Waals surface area contributed by atoms with Crippen molar-refractivity contribution in [2.75, 3.05) is 24.9 Å². The van der Waals surface area contributed by atoms with Crippen molar-refractivity contribution in [3.8, 4) is 22.9 Å². The highest BCUT2D eigenvalue weighted by Crippen LogP contribution is 2.43. The van der Waals surface area contributed by atoms with Crippen molar-refractivity contribution in [3.05, 3.63) is 89.9 Å². The molecule has 1 aliphatic heterocycles. The van der Waals surface area contributed by atoms with Crippen LogP contribution in [0.5, 0.6) is 11.5 Å². The molecule has 1 aliphatic rings. The Balaban J connectivity index is 1.67. The van der Waals surface area contributed by atoms with Crippen LogP contribution in [-0.2, 0) is 4.79 Å². The highest BCUT2D eigenvalue weighted by Gasteiger charge is 2.36. The quantitative estimate of drug-likeness (QED) is 0.435. The first kappa shape index (κ1) is 22.1. The van der Waals surface area contributed by atoms with Gasteiger partial charge < -0.3 is 20.1 Å². The topological polar surface area (TPSA) is 103 Å². The minimum atomic E-state index is -0.627. The van der Waals surface area contributed by atoms with Crippen LogP contribution in [-0.4, -0.2) is 39.9 Å². The van der Waals surface area contributed by atoms with Gasteiger partial charge in [-0.2, -0.15) is 4.98 Å². The minimum absolute atomic E-state index is 0.291. The molecule has 0 radical (unpaired) electrons. The molecule has 0 bridgehead atoms. The lowest BCUT2D eigenvalue weighted by Gasteiger charge is -2.29. The number of anilines is 2. The lowest BCUT2D eigenvalue weighted by atomic mass is 9.94. The zero-order chi connectivity index (χ0) is 24.4. The number of carbonyl (C=O) groups excluding carboxylic acids is 1. The highest BCUT2D eigenvalue weighted by atomic mass is 16.5. The molecule has 3 heterocycles. The third-order valence-electron chi connectivity index (χ3n) is 5.78. The van der Waals surface area contributed by atoms with Gasteiger partial charge in [-0.1, -0.05) is 42.5 Å². The summed E-state index contributed by atoms with van der Waals surface area (Å²) in [6, 6.07) is 18.2. The van der Waals surface area contributed by atoms with E-state index in [9.17, 15) is 4.79 Å². The maximum absolute atomic E-state index is 13.6. The van der Waals surface area contributed by atoms with Crippen molar-refractivity contribution in [1.82, 2.24) is 19.7 Å². The fourth-order valence-electron chi connectivity index (χ4n) is 4.20. The Morgan fingerprint density at radius 3 is 2.57 bits per heavy atom. The zero-order valence-corrected chi connectivity index (χ0v) is 19.5. The van der Waals surface area contributed by atoms with E-state index in [1.165, 1.54) is 0 Å². The number of aromatic nitrogens is 4. The fourth-order valence-corrected chi connectivity index (χ4v) is 4.20. The molecule has 4 aromatic rings.